The number of hydrogen-bond acceptors (Lipinski definition) is 2. The first kappa shape index (κ1) is 17.1. The topological polar surface area (TPSA) is 57.8 Å². The number of nitrogens with one attached hydrogen (secondary N) is 2. The summed E-state index contributed by atoms with van der Waals surface area (Å²) in [6, 6.07) is 9.96. The fourth-order valence-electron chi connectivity index (χ4n) is 2.33. The molecule has 7 heteroatoms. The van der Waals surface area contributed by atoms with Crippen LogP contribution in [0.4, 0.5) is 8.78 Å². The molecule has 0 saturated heterocycles. The van der Waals surface area contributed by atoms with E-state index in [1.54, 1.807) is 18.3 Å². The summed E-state index contributed by atoms with van der Waals surface area (Å²) in [5, 5.41) is 3.26. The molecule has 1 amide bonds. The lowest BCUT2D eigenvalue weighted by Crippen LogP contribution is -2.26. The summed E-state index contributed by atoms with van der Waals surface area (Å²) in [5.41, 5.74) is 1.60. The molecule has 0 radical (unpaired) electrons. The summed E-state index contributed by atoms with van der Waals surface area (Å²) in [5.74, 6) is -1.41. The van der Waals surface area contributed by atoms with E-state index in [1.807, 2.05) is 12.1 Å². The summed E-state index contributed by atoms with van der Waals surface area (Å²) in [6.07, 6.45) is 2.23. The number of amides is 1. The van der Waals surface area contributed by atoms with Gasteiger partial charge in [-0.2, -0.15) is 0 Å². The van der Waals surface area contributed by atoms with Crippen molar-refractivity contribution >= 4 is 17.5 Å². The summed E-state index contributed by atoms with van der Waals surface area (Å²) < 4.78 is 26.2. The van der Waals surface area contributed by atoms with E-state index >= 15 is 0 Å². The van der Waals surface area contributed by atoms with Gasteiger partial charge >= 0.3 is 0 Å². The first-order valence-electron chi connectivity index (χ1n) is 7.56. The van der Waals surface area contributed by atoms with Gasteiger partial charge in [0.1, 0.15) is 17.5 Å². The summed E-state index contributed by atoms with van der Waals surface area (Å²) >= 11 is 5.85. The maximum Gasteiger partial charge on any atom is 0.251 e. The summed E-state index contributed by atoms with van der Waals surface area (Å²) in [4.78, 5) is 19.4. The van der Waals surface area contributed by atoms with Crippen molar-refractivity contribution in [3.05, 3.63) is 76.6 Å². The van der Waals surface area contributed by atoms with Gasteiger partial charge in [0.05, 0.1) is 5.69 Å². The monoisotopic (exact) mass is 361 g/mol. The van der Waals surface area contributed by atoms with Gasteiger partial charge in [-0.25, -0.2) is 13.8 Å². The van der Waals surface area contributed by atoms with Gasteiger partial charge < -0.3 is 10.3 Å². The van der Waals surface area contributed by atoms with E-state index in [-0.39, 0.29) is 5.56 Å². The van der Waals surface area contributed by atoms with Gasteiger partial charge in [-0.3, -0.25) is 4.79 Å². The van der Waals surface area contributed by atoms with Crippen molar-refractivity contribution in [1.29, 1.82) is 0 Å². The van der Waals surface area contributed by atoms with Crippen LogP contribution in [0.15, 0.2) is 48.7 Å². The van der Waals surface area contributed by atoms with Gasteiger partial charge in [0.15, 0.2) is 0 Å². The molecule has 4 nitrogen and oxygen atoms in total. The van der Waals surface area contributed by atoms with Crippen LogP contribution in [0.3, 0.4) is 0 Å². The second-order valence-corrected chi connectivity index (χ2v) is 5.85. The number of rotatable bonds is 5. The first-order chi connectivity index (χ1) is 12.0. The lowest BCUT2D eigenvalue weighted by atomic mass is 10.2. The first-order valence-corrected chi connectivity index (χ1v) is 7.93. The van der Waals surface area contributed by atoms with E-state index in [2.05, 4.69) is 15.3 Å². The Balaban J connectivity index is 1.57. The highest BCUT2D eigenvalue weighted by Gasteiger charge is 2.09. The molecule has 0 aliphatic rings. The van der Waals surface area contributed by atoms with E-state index in [9.17, 15) is 13.6 Å². The zero-order valence-electron chi connectivity index (χ0n) is 13.0. The van der Waals surface area contributed by atoms with Gasteiger partial charge in [-0.1, -0.05) is 11.6 Å². The molecule has 0 unspecified atom stereocenters. The van der Waals surface area contributed by atoms with Crippen LogP contribution in [0, 0.1) is 11.6 Å². The van der Waals surface area contributed by atoms with Crippen LogP contribution >= 0.6 is 11.6 Å². The molecular weight excluding hydrogens is 348 g/mol. The fraction of sp³-hybridized carbons (Fsp3) is 0.111. The smallest absolute Gasteiger partial charge is 0.251 e. The number of benzene rings is 2. The number of hydrogen-bond donors (Lipinski definition) is 2. The van der Waals surface area contributed by atoms with Gasteiger partial charge in [0, 0.05) is 41.4 Å². The second-order valence-electron chi connectivity index (χ2n) is 5.41. The molecule has 0 atom stereocenters. The number of halogens is 3. The Bertz CT molecular complexity index is 873. The van der Waals surface area contributed by atoms with Gasteiger partial charge in [-0.15, -0.1) is 0 Å². The molecule has 3 aromatic rings. The molecule has 0 bridgehead atoms. The highest BCUT2D eigenvalue weighted by Crippen LogP contribution is 2.18. The van der Waals surface area contributed by atoms with E-state index in [1.165, 1.54) is 0 Å². The maximum absolute atomic E-state index is 13.1. The maximum atomic E-state index is 13.1. The lowest BCUT2D eigenvalue weighted by molar-refractivity contribution is 0.0953. The van der Waals surface area contributed by atoms with Crippen LogP contribution in [0.2, 0.25) is 5.02 Å². The molecule has 0 aliphatic carbocycles. The van der Waals surface area contributed by atoms with Crippen LogP contribution < -0.4 is 5.32 Å². The minimum atomic E-state index is -0.787. The zero-order chi connectivity index (χ0) is 17.8. The van der Waals surface area contributed by atoms with Crippen molar-refractivity contribution in [3.8, 4) is 11.4 Å². The molecule has 0 saturated carbocycles. The SMILES string of the molecule is O=C(NCCc1c[nH]c(-c2ccc(Cl)cc2)n1)c1cc(F)cc(F)c1. The van der Waals surface area contributed by atoms with Crippen LogP contribution in [-0.4, -0.2) is 22.4 Å². The van der Waals surface area contributed by atoms with Crippen molar-refractivity contribution in [3.63, 3.8) is 0 Å². The molecule has 1 aromatic heterocycles. The van der Waals surface area contributed by atoms with Crippen molar-refractivity contribution in [2.75, 3.05) is 6.54 Å². The molecular formula is C18H14ClF2N3O. The molecule has 0 fully saturated rings. The van der Waals surface area contributed by atoms with Gasteiger partial charge in [0.25, 0.3) is 5.91 Å². The molecule has 128 valence electrons. The molecule has 2 N–H and O–H groups in total. The minimum Gasteiger partial charge on any atom is -0.352 e. The van der Waals surface area contributed by atoms with Gasteiger partial charge in [0.2, 0.25) is 0 Å². The van der Waals surface area contributed by atoms with E-state index < -0.39 is 17.5 Å². The van der Waals surface area contributed by atoms with E-state index in [0.717, 1.165) is 29.5 Å². The van der Waals surface area contributed by atoms with E-state index in [0.29, 0.717) is 23.8 Å². The second kappa shape index (κ2) is 7.44. The largest absolute Gasteiger partial charge is 0.352 e. The molecule has 0 aliphatic heterocycles. The highest BCUT2D eigenvalue weighted by atomic mass is 35.5. The summed E-state index contributed by atoms with van der Waals surface area (Å²) in [6.45, 7) is 0.294. The number of carbonyl (C=O) groups is 1. The molecule has 1 heterocycles. The Morgan fingerprint density at radius 3 is 2.48 bits per heavy atom. The number of imidazole rings is 1. The molecule has 25 heavy (non-hydrogen) atoms. The zero-order valence-corrected chi connectivity index (χ0v) is 13.8. The third-order valence-electron chi connectivity index (χ3n) is 3.54. The van der Waals surface area contributed by atoms with E-state index in [4.69, 9.17) is 11.6 Å². The van der Waals surface area contributed by atoms with Crippen LogP contribution in [0.1, 0.15) is 16.1 Å². The standard InChI is InChI=1S/C18H14ClF2N3O/c19-13-3-1-11(2-4-13)17-23-10-16(24-17)5-6-22-18(25)12-7-14(20)9-15(21)8-12/h1-4,7-10H,5-6H2,(H,22,25)(H,23,24). The molecule has 0 spiro atoms. The Kier molecular flexibility index (Phi) is 5.09. The van der Waals surface area contributed by atoms with Gasteiger partial charge in [-0.05, 0) is 36.4 Å². The number of aromatic nitrogens is 2. The van der Waals surface area contributed by atoms with Crippen molar-refractivity contribution in [1.82, 2.24) is 15.3 Å². The summed E-state index contributed by atoms with van der Waals surface area (Å²) in [7, 11) is 0. The highest BCUT2D eigenvalue weighted by molar-refractivity contribution is 6.30. The Morgan fingerprint density at radius 2 is 1.80 bits per heavy atom. The molecule has 2 aromatic carbocycles. The minimum absolute atomic E-state index is 0.0543. The number of nitrogens with zero attached hydrogens (tertiary/aromatic N) is 1. The average Bonchev–Trinajstić information content (AvgIpc) is 3.03. The van der Waals surface area contributed by atoms with Crippen LogP contribution in [0.25, 0.3) is 11.4 Å². The van der Waals surface area contributed by atoms with Crippen molar-refractivity contribution in [2.45, 2.75) is 6.42 Å². The fourth-order valence-corrected chi connectivity index (χ4v) is 2.46. The van der Waals surface area contributed by atoms with Crippen molar-refractivity contribution in [2.24, 2.45) is 0 Å². The third-order valence-corrected chi connectivity index (χ3v) is 3.79. The number of carbonyl (C=O) groups excluding carboxylic acids is 1. The van der Waals surface area contributed by atoms with Crippen molar-refractivity contribution < 1.29 is 13.6 Å². The predicted molar refractivity (Wildman–Crippen MR) is 91.4 cm³/mol. The lowest BCUT2D eigenvalue weighted by Gasteiger charge is -2.04. The number of H-pyrrole nitrogens is 1. The Morgan fingerprint density at radius 1 is 1.12 bits per heavy atom. The Hall–Kier alpha value is -2.73. The average molecular weight is 362 g/mol. The Labute approximate surface area is 147 Å². The normalized spacial score (nSPS) is 10.7. The quantitative estimate of drug-likeness (QED) is 0.722. The third kappa shape index (κ3) is 4.42. The predicted octanol–water partition coefficient (Wildman–Crippen LogP) is 3.98. The van der Waals surface area contributed by atoms with Crippen LogP contribution in [0.5, 0.6) is 0 Å². The van der Waals surface area contributed by atoms with Crippen LogP contribution in [-0.2, 0) is 6.42 Å². The molecule has 3 rings (SSSR count). The number of aromatic amines is 1.